The Labute approximate surface area is 195 Å². The summed E-state index contributed by atoms with van der Waals surface area (Å²) < 4.78 is 0. The molecule has 7 heteroatoms. The van der Waals surface area contributed by atoms with Gasteiger partial charge in [0.2, 0.25) is 5.91 Å². The highest BCUT2D eigenvalue weighted by Crippen LogP contribution is 2.28. The Bertz CT molecular complexity index is 1290. The maximum atomic E-state index is 12.9. The summed E-state index contributed by atoms with van der Waals surface area (Å²) in [6.07, 6.45) is 0.639. The molecule has 0 aliphatic heterocycles. The zero-order valence-electron chi connectivity index (χ0n) is 18.7. The van der Waals surface area contributed by atoms with E-state index in [9.17, 15) is 9.59 Å². The molecule has 0 unspecified atom stereocenters. The second-order valence-corrected chi connectivity index (χ2v) is 10.5. The first-order valence-corrected chi connectivity index (χ1v) is 12.4. The molecule has 0 bridgehead atoms. The van der Waals surface area contributed by atoms with E-state index in [-0.39, 0.29) is 23.9 Å². The third kappa shape index (κ3) is 4.69. The molecule has 1 atom stereocenters. The Morgan fingerprint density at radius 3 is 2.50 bits per heavy atom. The Balaban J connectivity index is 1.49. The second kappa shape index (κ2) is 9.38. The SMILES string of the molecule is Cc1sc2nc(CCC(=O)N[C@H](c3ccc(C(C)C)cc3)c3cccs3)[nH]c(=O)c2c1C. The number of aromatic amines is 1. The van der Waals surface area contributed by atoms with Crippen LogP contribution in [0, 0.1) is 13.8 Å². The van der Waals surface area contributed by atoms with Crippen molar-refractivity contribution in [2.24, 2.45) is 0 Å². The molecule has 3 aromatic heterocycles. The minimum atomic E-state index is -0.194. The Morgan fingerprint density at radius 1 is 1.12 bits per heavy atom. The number of rotatable bonds is 7. The van der Waals surface area contributed by atoms with Crippen LogP contribution in [0.15, 0.2) is 46.6 Å². The van der Waals surface area contributed by atoms with E-state index in [0.29, 0.717) is 23.5 Å². The maximum absolute atomic E-state index is 12.9. The molecule has 0 aliphatic rings. The van der Waals surface area contributed by atoms with Crippen LogP contribution in [0.25, 0.3) is 10.2 Å². The number of carbonyl (C=O) groups excluding carboxylic acids is 1. The van der Waals surface area contributed by atoms with Crippen molar-refractivity contribution in [1.82, 2.24) is 15.3 Å². The van der Waals surface area contributed by atoms with Crippen LogP contribution < -0.4 is 10.9 Å². The van der Waals surface area contributed by atoms with Gasteiger partial charge in [0, 0.05) is 22.6 Å². The highest BCUT2D eigenvalue weighted by molar-refractivity contribution is 7.18. The zero-order valence-corrected chi connectivity index (χ0v) is 20.3. The van der Waals surface area contributed by atoms with Crippen molar-refractivity contribution in [1.29, 1.82) is 0 Å². The molecule has 4 rings (SSSR count). The first-order chi connectivity index (χ1) is 15.3. The van der Waals surface area contributed by atoms with Gasteiger partial charge >= 0.3 is 0 Å². The highest BCUT2D eigenvalue weighted by atomic mass is 32.1. The number of benzene rings is 1. The molecule has 0 saturated carbocycles. The number of amides is 1. The van der Waals surface area contributed by atoms with Crippen LogP contribution in [-0.2, 0) is 11.2 Å². The summed E-state index contributed by atoms with van der Waals surface area (Å²) in [4.78, 5) is 35.7. The molecule has 3 heterocycles. The molecule has 0 spiro atoms. The van der Waals surface area contributed by atoms with Crippen LogP contribution in [0.4, 0.5) is 0 Å². The Hall–Kier alpha value is -2.77. The number of nitrogens with zero attached hydrogens (tertiary/aromatic N) is 1. The summed E-state index contributed by atoms with van der Waals surface area (Å²) in [5.41, 5.74) is 3.18. The summed E-state index contributed by atoms with van der Waals surface area (Å²) in [6, 6.07) is 12.3. The molecule has 2 N–H and O–H groups in total. The lowest BCUT2D eigenvalue weighted by molar-refractivity contribution is -0.121. The molecule has 0 radical (unpaired) electrons. The van der Waals surface area contributed by atoms with Crippen molar-refractivity contribution >= 4 is 38.8 Å². The lowest BCUT2D eigenvalue weighted by Gasteiger charge is -2.19. The van der Waals surface area contributed by atoms with Crippen molar-refractivity contribution in [2.45, 2.75) is 52.5 Å². The van der Waals surface area contributed by atoms with Crippen molar-refractivity contribution in [2.75, 3.05) is 0 Å². The van der Waals surface area contributed by atoms with Gasteiger partial charge in [0.1, 0.15) is 10.7 Å². The third-order valence-electron chi connectivity index (χ3n) is 5.75. The van der Waals surface area contributed by atoms with Crippen LogP contribution in [0.2, 0.25) is 0 Å². The van der Waals surface area contributed by atoms with E-state index < -0.39 is 0 Å². The predicted molar refractivity (Wildman–Crippen MR) is 133 cm³/mol. The van der Waals surface area contributed by atoms with Gasteiger partial charge in [0.05, 0.1) is 11.4 Å². The summed E-state index contributed by atoms with van der Waals surface area (Å²) >= 11 is 3.15. The topological polar surface area (TPSA) is 74.8 Å². The minimum absolute atomic E-state index is 0.0716. The molecule has 4 aromatic rings. The van der Waals surface area contributed by atoms with E-state index in [1.54, 1.807) is 11.3 Å². The largest absolute Gasteiger partial charge is 0.344 e. The first kappa shape index (κ1) is 22.4. The van der Waals surface area contributed by atoms with Gasteiger partial charge in [-0.1, -0.05) is 44.2 Å². The van der Waals surface area contributed by atoms with Crippen LogP contribution in [0.1, 0.15) is 64.5 Å². The first-order valence-electron chi connectivity index (χ1n) is 10.7. The van der Waals surface area contributed by atoms with E-state index >= 15 is 0 Å². The summed E-state index contributed by atoms with van der Waals surface area (Å²) in [7, 11) is 0. The molecule has 0 saturated heterocycles. The summed E-state index contributed by atoms with van der Waals surface area (Å²) in [5.74, 6) is 0.937. The number of aryl methyl sites for hydroxylation is 3. The number of aromatic nitrogens is 2. The average Bonchev–Trinajstić information content (AvgIpc) is 3.39. The smallest absolute Gasteiger partial charge is 0.259 e. The minimum Gasteiger partial charge on any atom is -0.344 e. The van der Waals surface area contributed by atoms with Gasteiger partial charge < -0.3 is 10.3 Å². The van der Waals surface area contributed by atoms with E-state index in [1.807, 2.05) is 31.4 Å². The Kier molecular flexibility index (Phi) is 6.58. The lowest BCUT2D eigenvalue weighted by Crippen LogP contribution is -2.29. The standard InChI is InChI=1S/C25H27N3O2S2/c1-14(2)17-7-9-18(10-8-17)23(19-6-5-13-31-19)28-21(29)12-11-20-26-24(30)22-15(3)16(4)32-25(22)27-20/h5-10,13-14,23H,11-12H2,1-4H3,(H,28,29)(H,26,27,30)/t23-/m1/s1. The number of hydrogen-bond donors (Lipinski definition) is 2. The number of H-pyrrole nitrogens is 1. The second-order valence-electron chi connectivity index (χ2n) is 8.31. The normalized spacial score (nSPS) is 12.4. The maximum Gasteiger partial charge on any atom is 0.259 e. The van der Waals surface area contributed by atoms with E-state index in [0.717, 1.165) is 25.7 Å². The van der Waals surface area contributed by atoms with Crippen LogP contribution in [-0.4, -0.2) is 15.9 Å². The summed E-state index contributed by atoms with van der Waals surface area (Å²) in [5, 5.41) is 5.85. The van der Waals surface area contributed by atoms with Gasteiger partial charge in [-0.05, 0) is 47.9 Å². The number of nitrogens with one attached hydrogen (secondary N) is 2. The zero-order chi connectivity index (χ0) is 22.8. The molecule has 5 nitrogen and oxygen atoms in total. The quantitative estimate of drug-likeness (QED) is 0.372. The predicted octanol–water partition coefficient (Wildman–Crippen LogP) is 5.62. The number of hydrogen-bond acceptors (Lipinski definition) is 5. The van der Waals surface area contributed by atoms with Gasteiger partial charge in [-0.15, -0.1) is 22.7 Å². The van der Waals surface area contributed by atoms with E-state index in [2.05, 4.69) is 53.4 Å². The van der Waals surface area contributed by atoms with Crippen molar-refractivity contribution < 1.29 is 4.79 Å². The molecule has 0 aliphatic carbocycles. The number of fused-ring (bicyclic) bond motifs is 1. The molecular weight excluding hydrogens is 438 g/mol. The molecule has 1 aromatic carbocycles. The molecule has 32 heavy (non-hydrogen) atoms. The highest BCUT2D eigenvalue weighted by Gasteiger charge is 2.19. The fourth-order valence-corrected chi connectivity index (χ4v) is 5.58. The van der Waals surface area contributed by atoms with Crippen LogP contribution >= 0.6 is 22.7 Å². The van der Waals surface area contributed by atoms with Gasteiger partial charge in [-0.25, -0.2) is 4.98 Å². The third-order valence-corrected chi connectivity index (χ3v) is 7.78. The van der Waals surface area contributed by atoms with Gasteiger partial charge in [0.15, 0.2) is 0 Å². The fraction of sp³-hybridized carbons (Fsp3) is 0.320. The molecular formula is C25H27N3O2S2. The van der Waals surface area contributed by atoms with Gasteiger partial charge in [-0.2, -0.15) is 0 Å². The Morgan fingerprint density at radius 2 is 1.84 bits per heavy atom. The number of carbonyl (C=O) groups is 1. The monoisotopic (exact) mass is 465 g/mol. The molecule has 1 amide bonds. The fourth-order valence-electron chi connectivity index (χ4n) is 3.73. The van der Waals surface area contributed by atoms with Crippen LogP contribution in [0.5, 0.6) is 0 Å². The van der Waals surface area contributed by atoms with Crippen molar-refractivity contribution in [3.05, 3.63) is 84.4 Å². The van der Waals surface area contributed by atoms with Gasteiger partial charge in [-0.3, -0.25) is 9.59 Å². The van der Waals surface area contributed by atoms with Crippen molar-refractivity contribution in [3.63, 3.8) is 0 Å². The average molecular weight is 466 g/mol. The van der Waals surface area contributed by atoms with Crippen LogP contribution in [0.3, 0.4) is 0 Å². The summed E-state index contributed by atoms with van der Waals surface area (Å²) in [6.45, 7) is 8.27. The molecule has 166 valence electrons. The van der Waals surface area contributed by atoms with E-state index in [1.165, 1.54) is 16.9 Å². The molecule has 0 fully saturated rings. The van der Waals surface area contributed by atoms with Crippen molar-refractivity contribution in [3.8, 4) is 0 Å². The van der Waals surface area contributed by atoms with E-state index in [4.69, 9.17) is 0 Å². The number of thiophene rings is 2. The van der Waals surface area contributed by atoms with Gasteiger partial charge in [0.25, 0.3) is 5.56 Å². The lowest BCUT2D eigenvalue weighted by atomic mass is 9.98.